The number of Topliss-reactive ketones (excluding diaryl/α,β-unsaturated/α-hetero) is 1. The molecule has 0 aliphatic carbocycles. The molecule has 4 nitrogen and oxygen atoms in total. The van der Waals surface area contributed by atoms with E-state index in [4.69, 9.17) is 6.57 Å². The fourth-order valence-corrected chi connectivity index (χ4v) is 3.44. The number of fused-ring (bicyclic) bond motifs is 1. The van der Waals surface area contributed by atoms with Gasteiger partial charge in [0.2, 0.25) is 0 Å². The van der Waals surface area contributed by atoms with Crippen LogP contribution in [-0.2, 0) is 17.8 Å². The number of carbonyl (C=O) groups is 1. The van der Waals surface area contributed by atoms with Crippen molar-refractivity contribution in [3.63, 3.8) is 0 Å². The highest BCUT2D eigenvalue weighted by Crippen LogP contribution is 2.24. The number of ketones is 1. The van der Waals surface area contributed by atoms with Crippen molar-refractivity contribution in [1.29, 1.82) is 0 Å². The summed E-state index contributed by atoms with van der Waals surface area (Å²) in [4.78, 5) is 16.1. The van der Waals surface area contributed by atoms with Crippen LogP contribution in [0, 0.1) is 13.5 Å². The molecule has 3 aromatic rings. The molecule has 1 atom stereocenters. The van der Waals surface area contributed by atoms with E-state index in [9.17, 15) is 9.90 Å². The summed E-state index contributed by atoms with van der Waals surface area (Å²) in [6.45, 7) is 10.7. The molecule has 132 valence electrons. The molecule has 1 aromatic heterocycles. The second-order valence-corrected chi connectivity index (χ2v) is 7.67. The van der Waals surface area contributed by atoms with Gasteiger partial charge < -0.3 is 9.67 Å². The van der Waals surface area contributed by atoms with Gasteiger partial charge in [0.15, 0.2) is 11.5 Å². The van der Waals surface area contributed by atoms with Crippen molar-refractivity contribution in [1.82, 2.24) is 4.57 Å². The predicted octanol–water partition coefficient (Wildman–Crippen LogP) is 4.83. The smallest absolute Gasteiger partial charge is 0.190 e. The van der Waals surface area contributed by atoms with Crippen LogP contribution < -0.4 is 0 Å². The van der Waals surface area contributed by atoms with E-state index >= 15 is 0 Å². The van der Waals surface area contributed by atoms with E-state index in [0.717, 1.165) is 26.5 Å². The maximum absolute atomic E-state index is 12.7. The Kier molecular flexibility index (Phi) is 4.99. The average Bonchev–Trinajstić information content (AvgIpc) is 2.96. The topological polar surface area (TPSA) is 46.6 Å². The maximum atomic E-state index is 12.7. The highest BCUT2D eigenvalue weighted by atomic mass is 79.9. The van der Waals surface area contributed by atoms with Gasteiger partial charge in [-0.05, 0) is 49.2 Å². The highest BCUT2D eigenvalue weighted by molar-refractivity contribution is 9.10. The Morgan fingerprint density at radius 3 is 2.73 bits per heavy atom. The van der Waals surface area contributed by atoms with Gasteiger partial charge in [-0.25, -0.2) is 4.85 Å². The lowest BCUT2D eigenvalue weighted by Gasteiger charge is -2.23. The number of aromatic nitrogens is 1. The van der Waals surface area contributed by atoms with Crippen LogP contribution in [0.3, 0.4) is 0 Å². The molecule has 0 unspecified atom stereocenters. The minimum absolute atomic E-state index is 0.136. The lowest BCUT2D eigenvalue weighted by molar-refractivity contribution is -0.136. The number of rotatable bonds is 5. The molecule has 0 aliphatic heterocycles. The minimum atomic E-state index is -1.48. The third-order valence-electron chi connectivity index (χ3n) is 4.56. The zero-order chi connectivity index (χ0) is 18.9. The van der Waals surface area contributed by atoms with Crippen molar-refractivity contribution in [3.05, 3.63) is 75.7 Å². The van der Waals surface area contributed by atoms with Crippen molar-refractivity contribution >= 4 is 38.3 Å². The van der Waals surface area contributed by atoms with Crippen molar-refractivity contribution in [2.75, 3.05) is 0 Å². The summed E-state index contributed by atoms with van der Waals surface area (Å²) in [5, 5.41) is 11.8. The molecule has 0 saturated carbocycles. The van der Waals surface area contributed by atoms with Crippen LogP contribution in [0.4, 0.5) is 5.69 Å². The molecule has 0 fully saturated rings. The fraction of sp³-hybridized carbons (Fsp3) is 0.238. The molecule has 0 bridgehead atoms. The third kappa shape index (κ3) is 3.72. The number of hydrogen-bond acceptors (Lipinski definition) is 2. The fourth-order valence-electron chi connectivity index (χ4n) is 3.06. The maximum Gasteiger partial charge on any atom is 0.190 e. The normalized spacial score (nSPS) is 13.3. The molecular formula is C21H19BrN2O2. The summed E-state index contributed by atoms with van der Waals surface area (Å²) in [5.41, 5.74) is 1.72. The first-order valence-corrected chi connectivity index (χ1v) is 9.06. The van der Waals surface area contributed by atoms with E-state index in [1.54, 1.807) is 19.1 Å². The number of aryl methyl sites for hydroxylation is 1. The monoisotopic (exact) mass is 410 g/mol. The third-order valence-corrected chi connectivity index (χ3v) is 5.05. The zero-order valence-electron chi connectivity index (χ0n) is 14.7. The lowest BCUT2D eigenvalue weighted by atomic mass is 9.94. The van der Waals surface area contributed by atoms with Gasteiger partial charge in [0.25, 0.3) is 0 Å². The van der Waals surface area contributed by atoms with Gasteiger partial charge >= 0.3 is 0 Å². The lowest BCUT2D eigenvalue weighted by Crippen LogP contribution is -2.40. The molecule has 1 N–H and O–H groups in total. The first-order valence-electron chi connectivity index (χ1n) is 8.27. The number of nitrogens with zero attached hydrogens (tertiary/aromatic N) is 2. The van der Waals surface area contributed by atoms with Crippen molar-refractivity contribution in [3.8, 4) is 0 Å². The molecule has 0 amide bonds. The van der Waals surface area contributed by atoms with Crippen LogP contribution in [0.1, 0.15) is 18.1 Å². The van der Waals surface area contributed by atoms with E-state index < -0.39 is 5.60 Å². The first-order chi connectivity index (χ1) is 12.3. The molecule has 1 heterocycles. The van der Waals surface area contributed by atoms with E-state index in [1.165, 1.54) is 0 Å². The Morgan fingerprint density at radius 1 is 1.27 bits per heavy atom. The summed E-state index contributed by atoms with van der Waals surface area (Å²) in [7, 11) is 0. The number of benzene rings is 2. The van der Waals surface area contributed by atoms with Gasteiger partial charge in [0.05, 0.1) is 13.1 Å². The first kappa shape index (κ1) is 18.4. The molecule has 0 radical (unpaired) electrons. The SMILES string of the molecule is [C-]#[N+]c1ccc(CC(=O)[C@@](C)(O)Cn2ccc3cc(Br)ccc32)cc1C. The van der Waals surface area contributed by atoms with Gasteiger partial charge in [0.1, 0.15) is 5.60 Å². The van der Waals surface area contributed by atoms with Crippen molar-refractivity contribution in [2.45, 2.75) is 32.4 Å². The molecular weight excluding hydrogens is 392 g/mol. The second kappa shape index (κ2) is 7.06. The molecule has 0 saturated heterocycles. The Hall–Kier alpha value is -2.42. The molecule has 0 aliphatic rings. The van der Waals surface area contributed by atoms with E-state index in [1.807, 2.05) is 48.0 Å². The quantitative estimate of drug-likeness (QED) is 0.612. The van der Waals surface area contributed by atoms with Crippen LogP contribution >= 0.6 is 15.9 Å². The van der Waals surface area contributed by atoms with Gasteiger partial charge in [-0.3, -0.25) is 4.79 Å². The summed E-state index contributed by atoms with van der Waals surface area (Å²) in [6, 6.07) is 13.2. The van der Waals surface area contributed by atoms with Gasteiger partial charge in [-0.2, -0.15) is 0 Å². The van der Waals surface area contributed by atoms with E-state index in [2.05, 4.69) is 20.8 Å². The Balaban J connectivity index is 1.79. The predicted molar refractivity (Wildman–Crippen MR) is 106 cm³/mol. The van der Waals surface area contributed by atoms with Gasteiger partial charge in [0, 0.05) is 28.0 Å². The summed E-state index contributed by atoms with van der Waals surface area (Å²) in [6.07, 6.45) is 2.02. The Morgan fingerprint density at radius 2 is 2.04 bits per heavy atom. The van der Waals surface area contributed by atoms with E-state index in [-0.39, 0.29) is 18.7 Å². The number of carbonyl (C=O) groups excluding carboxylic acids is 1. The van der Waals surface area contributed by atoms with Gasteiger partial charge in [-0.15, -0.1) is 0 Å². The Bertz CT molecular complexity index is 1030. The molecule has 3 rings (SSSR count). The van der Waals surface area contributed by atoms with Crippen LogP contribution in [0.25, 0.3) is 15.7 Å². The summed E-state index contributed by atoms with van der Waals surface area (Å²) >= 11 is 3.45. The second-order valence-electron chi connectivity index (χ2n) is 6.75. The molecule has 0 spiro atoms. The van der Waals surface area contributed by atoms with Gasteiger partial charge in [-0.1, -0.05) is 34.1 Å². The number of aliphatic hydroxyl groups is 1. The Labute approximate surface area is 161 Å². The summed E-state index contributed by atoms with van der Waals surface area (Å²) < 4.78 is 2.89. The largest absolute Gasteiger partial charge is 0.380 e. The number of halogens is 1. The van der Waals surface area contributed by atoms with Crippen LogP contribution in [-0.4, -0.2) is 21.1 Å². The average molecular weight is 411 g/mol. The van der Waals surface area contributed by atoms with Crippen molar-refractivity contribution < 1.29 is 9.90 Å². The number of hydrogen-bond donors (Lipinski definition) is 1. The molecule has 26 heavy (non-hydrogen) atoms. The van der Waals surface area contributed by atoms with Crippen LogP contribution in [0.5, 0.6) is 0 Å². The van der Waals surface area contributed by atoms with Crippen LogP contribution in [0.2, 0.25) is 0 Å². The summed E-state index contributed by atoms with van der Waals surface area (Å²) in [5.74, 6) is -0.244. The minimum Gasteiger partial charge on any atom is -0.380 e. The zero-order valence-corrected chi connectivity index (χ0v) is 16.2. The highest BCUT2D eigenvalue weighted by Gasteiger charge is 2.30. The molecule has 5 heteroatoms. The standard InChI is InChI=1S/C21H19BrN2O2/c1-14-10-15(4-6-18(14)23-3)11-20(25)21(2,26)13-24-9-8-16-12-17(22)5-7-19(16)24/h4-10,12,26H,11,13H2,1-2H3/t21-/m0/s1. The van der Waals surface area contributed by atoms with Crippen LogP contribution in [0.15, 0.2) is 53.1 Å². The van der Waals surface area contributed by atoms with E-state index in [0.29, 0.717) is 5.69 Å². The van der Waals surface area contributed by atoms with Crippen molar-refractivity contribution in [2.24, 2.45) is 0 Å². The molecule has 2 aromatic carbocycles.